The minimum Gasteiger partial charge on any atom is -0.379 e. The summed E-state index contributed by atoms with van der Waals surface area (Å²) >= 11 is 0. The van der Waals surface area contributed by atoms with E-state index >= 15 is 0 Å². The van der Waals surface area contributed by atoms with Gasteiger partial charge in [0, 0.05) is 12.6 Å². The molecular weight excluding hydrogens is 368 g/mol. The SMILES string of the molecule is CN(C[C@H]1COC2(CN(C(=O)C3(C)COC3)C2)CS1(=O)=O)C1CCCCC1. The van der Waals surface area contributed by atoms with Gasteiger partial charge in [0.25, 0.3) is 0 Å². The lowest BCUT2D eigenvalue weighted by molar-refractivity contribution is -0.193. The Morgan fingerprint density at radius 1 is 1.19 bits per heavy atom. The molecule has 0 aromatic rings. The van der Waals surface area contributed by atoms with Gasteiger partial charge in [0.1, 0.15) is 5.60 Å². The third kappa shape index (κ3) is 3.66. The molecule has 0 unspecified atom stereocenters. The van der Waals surface area contributed by atoms with Gasteiger partial charge in [-0.15, -0.1) is 0 Å². The van der Waals surface area contributed by atoms with E-state index in [0.29, 0.717) is 38.9 Å². The van der Waals surface area contributed by atoms with Crippen molar-refractivity contribution in [1.82, 2.24) is 9.80 Å². The molecule has 8 heteroatoms. The highest BCUT2D eigenvalue weighted by atomic mass is 32.2. The molecule has 1 saturated carbocycles. The van der Waals surface area contributed by atoms with Crippen molar-refractivity contribution in [2.24, 2.45) is 5.41 Å². The van der Waals surface area contributed by atoms with Crippen molar-refractivity contribution in [3.05, 3.63) is 0 Å². The van der Waals surface area contributed by atoms with Crippen molar-refractivity contribution in [1.29, 1.82) is 0 Å². The normalized spacial score (nSPS) is 32.1. The van der Waals surface area contributed by atoms with Gasteiger partial charge < -0.3 is 19.3 Å². The van der Waals surface area contributed by atoms with Crippen molar-refractivity contribution in [2.45, 2.75) is 55.9 Å². The van der Waals surface area contributed by atoms with Gasteiger partial charge in [-0.25, -0.2) is 8.42 Å². The molecule has 4 fully saturated rings. The Morgan fingerprint density at radius 2 is 1.85 bits per heavy atom. The average Bonchev–Trinajstić information content (AvgIpc) is 2.59. The molecule has 7 nitrogen and oxygen atoms in total. The Balaban J connectivity index is 1.32. The van der Waals surface area contributed by atoms with Crippen LogP contribution < -0.4 is 0 Å². The summed E-state index contributed by atoms with van der Waals surface area (Å²) in [4.78, 5) is 16.5. The summed E-state index contributed by atoms with van der Waals surface area (Å²) in [5.41, 5.74) is -1.14. The molecule has 1 spiro atoms. The number of rotatable bonds is 4. The van der Waals surface area contributed by atoms with Gasteiger partial charge in [0.05, 0.1) is 49.3 Å². The smallest absolute Gasteiger partial charge is 0.233 e. The fraction of sp³-hybridized carbons (Fsp3) is 0.947. The molecule has 0 aromatic carbocycles. The van der Waals surface area contributed by atoms with E-state index in [2.05, 4.69) is 4.90 Å². The number of carbonyl (C=O) groups excluding carboxylic acids is 1. The van der Waals surface area contributed by atoms with Crippen LogP contribution in [0.25, 0.3) is 0 Å². The number of nitrogens with zero attached hydrogens (tertiary/aromatic N) is 2. The van der Waals surface area contributed by atoms with Crippen LogP contribution in [0, 0.1) is 5.41 Å². The lowest BCUT2D eigenvalue weighted by atomic mass is 9.83. The topological polar surface area (TPSA) is 76.2 Å². The molecular formula is C19H32N2O5S. The van der Waals surface area contributed by atoms with Crippen LogP contribution in [0.15, 0.2) is 0 Å². The quantitative estimate of drug-likeness (QED) is 0.691. The van der Waals surface area contributed by atoms with Crippen molar-refractivity contribution in [3.8, 4) is 0 Å². The van der Waals surface area contributed by atoms with Gasteiger partial charge in [-0.3, -0.25) is 4.79 Å². The first kappa shape index (κ1) is 19.6. The van der Waals surface area contributed by atoms with Gasteiger partial charge in [-0.05, 0) is 26.8 Å². The first-order valence-electron chi connectivity index (χ1n) is 10.2. The molecule has 1 aliphatic carbocycles. The maximum Gasteiger partial charge on any atom is 0.233 e. The third-order valence-corrected chi connectivity index (χ3v) is 9.07. The Morgan fingerprint density at radius 3 is 2.41 bits per heavy atom. The number of hydrogen-bond donors (Lipinski definition) is 0. The van der Waals surface area contributed by atoms with E-state index in [-0.39, 0.29) is 18.3 Å². The van der Waals surface area contributed by atoms with E-state index < -0.39 is 26.1 Å². The van der Waals surface area contributed by atoms with E-state index in [9.17, 15) is 13.2 Å². The second-order valence-corrected chi connectivity index (χ2v) is 11.7. The van der Waals surface area contributed by atoms with Crippen LogP contribution in [0.2, 0.25) is 0 Å². The summed E-state index contributed by atoms with van der Waals surface area (Å²) in [7, 11) is -1.19. The molecule has 0 bridgehead atoms. The summed E-state index contributed by atoms with van der Waals surface area (Å²) in [5.74, 6) is 0.0831. The molecule has 27 heavy (non-hydrogen) atoms. The van der Waals surface area contributed by atoms with E-state index in [1.807, 2.05) is 14.0 Å². The minimum atomic E-state index is -3.23. The highest BCUT2D eigenvalue weighted by Crippen LogP contribution is 2.37. The number of likely N-dealkylation sites (tertiary alicyclic amines) is 1. The molecule has 3 aliphatic heterocycles. The van der Waals surface area contributed by atoms with Crippen LogP contribution in [0.4, 0.5) is 0 Å². The monoisotopic (exact) mass is 400 g/mol. The van der Waals surface area contributed by atoms with Crippen molar-refractivity contribution in [2.75, 3.05) is 52.3 Å². The number of sulfone groups is 1. The summed E-state index contributed by atoms with van der Waals surface area (Å²) < 4.78 is 37.1. The van der Waals surface area contributed by atoms with Crippen LogP contribution in [0.1, 0.15) is 39.0 Å². The Kier molecular flexibility index (Phi) is 5.06. The molecule has 1 amide bonds. The number of ether oxygens (including phenoxy) is 2. The average molecular weight is 401 g/mol. The number of amides is 1. The fourth-order valence-corrected chi connectivity index (χ4v) is 6.92. The summed E-state index contributed by atoms with van der Waals surface area (Å²) in [6.07, 6.45) is 6.08. The second kappa shape index (κ2) is 6.97. The lowest BCUT2D eigenvalue weighted by Crippen LogP contribution is -2.73. The van der Waals surface area contributed by atoms with Gasteiger partial charge >= 0.3 is 0 Å². The second-order valence-electron chi connectivity index (χ2n) is 9.37. The zero-order valence-electron chi connectivity index (χ0n) is 16.5. The van der Waals surface area contributed by atoms with Crippen LogP contribution >= 0.6 is 0 Å². The standard InChI is InChI=1S/C19H32N2O5S/c1-18(12-25-13-18)17(22)21-10-19(11-21)14-27(23,24)16(9-26-19)8-20(2)15-6-4-3-5-7-15/h15-16H,3-14H2,1-2H3/t16-/m0/s1. The zero-order chi connectivity index (χ0) is 19.3. The highest BCUT2D eigenvalue weighted by molar-refractivity contribution is 7.92. The Hall–Kier alpha value is -0.700. The predicted octanol–water partition coefficient (Wildman–Crippen LogP) is 0.682. The predicted molar refractivity (Wildman–Crippen MR) is 101 cm³/mol. The largest absolute Gasteiger partial charge is 0.379 e. The molecule has 3 saturated heterocycles. The van der Waals surface area contributed by atoms with E-state index in [0.717, 1.165) is 12.8 Å². The van der Waals surface area contributed by atoms with Crippen LogP contribution in [-0.4, -0.2) is 93.3 Å². The first-order valence-corrected chi connectivity index (χ1v) is 11.9. The molecule has 4 rings (SSSR count). The van der Waals surface area contributed by atoms with E-state index in [1.54, 1.807) is 4.90 Å². The van der Waals surface area contributed by atoms with Gasteiger partial charge in [0.15, 0.2) is 9.84 Å². The molecule has 0 N–H and O–H groups in total. The Bertz CT molecular complexity index is 678. The summed E-state index contributed by atoms with van der Waals surface area (Å²) in [6, 6.07) is 0.493. The maximum absolute atomic E-state index is 12.9. The van der Waals surface area contributed by atoms with Crippen molar-refractivity contribution in [3.63, 3.8) is 0 Å². The van der Waals surface area contributed by atoms with Crippen LogP contribution in [0.5, 0.6) is 0 Å². The summed E-state index contributed by atoms with van der Waals surface area (Å²) in [6.45, 7) is 4.34. The fourth-order valence-electron chi connectivity index (χ4n) is 4.95. The lowest BCUT2D eigenvalue weighted by Gasteiger charge is -2.55. The van der Waals surface area contributed by atoms with Gasteiger partial charge in [0.2, 0.25) is 5.91 Å². The van der Waals surface area contributed by atoms with Gasteiger partial charge in [-0.1, -0.05) is 19.3 Å². The molecule has 154 valence electrons. The Labute approximate surface area is 162 Å². The maximum atomic E-state index is 12.9. The van der Waals surface area contributed by atoms with Gasteiger partial charge in [-0.2, -0.15) is 0 Å². The molecule has 1 atom stereocenters. The van der Waals surface area contributed by atoms with Crippen LogP contribution in [-0.2, 0) is 24.1 Å². The molecule has 0 radical (unpaired) electrons. The minimum absolute atomic E-state index is 0.0279. The number of hydrogen-bond acceptors (Lipinski definition) is 6. The van der Waals surface area contributed by atoms with Crippen molar-refractivity contribution >= 4 is 15.7 Å². The molecule has 0 aromatic heterocycles. The summed E-state index contributed by atoms with van der Waals surface area (Å²) in [5, 5.41) is -0.461. The molecule has 4 aliphatic rings. The third-order valence-electron chi connectivity index (χ3n) is 6.84. The van der Waals surface area contributed by atoms with E-state index in [4.69, 9.17) is 9.47 Å². The van der Waals surface area contributed by atoms with Crippen molar-refractivity contribution < 1.29 is 22.7 Å². The van der Waals surface area contributed by atoms with Crippen LogP contribution in [0.3, 0.4) is 0 Å². The highest BCUT2D eigenvalue weighted by Gasteiger charge is 2.57. The van der Waals surface area contributed by atoms with E-state index in [1.165, 1.54) is 19.3 Å². The zero-order valence-corrected chi connectivity index (χ0v) is 17.3. The number of carbonyl (C=O) groups is 1. The first-order chi connectivity index (χ1) is 12.7. The molecule has 3 heterocycles.